The summed E-state index contributed by atoms with van der Waals surface area (Å²) >= 11 is 0. The molecule has 2 amide bonds. The molecule has 13 nitrogen and oxygen atoms in total. The summed E-state index contributed by atoms with van der Waals surface area (Å²) < 4.78 is 24.2. The lowest BCUT2D eigenvalue weighted by atomic mass is 9.72. The van der Waals surface area contributed by atoms with Crippen molar-refractivity contribution < 1.29 is 37.8 Å². The van der Waals surface area contributed by atoms with E-state index in [1.807, 2.05) is 63.2 Å². The molecule has 3 aliphatic rings. The van der Waals surface area contributed by atoms with Crippen LogP contribution in [0.15, 0.2) is 57.6 Å². The van der Waals surface area contributed by atoms with Crippen molar-refractivity contribution >= 4 is 23.5 Å². The number of aromatic nitrogens is 2. The first-order chi connectivity index (χ1) is 23.3. The van der Waals surface area contributed by atoms with Gasteiger partial charge in [-0.2, -0.15) is 0 Å². The van der Waals surface area contributed by atoms with Gasteiger partial charge in [0.05, 0.1) is 7.11 Å². The van der Waals surface area contributed by atoms with Gasteiger partial charge in [0.25, 0.3) is 0 Å². The molecule has 49 heavy (non-hydrogen) atoms. The first-order valence-corrected chi connectivity index (χ1v) is 16.3. The molecule has 2 aromatic carbocycles. The Balaban J connectivity index is 1.47. The third kappa shape index (κ3) is 5.23. The van der Waals surface area contributed by atoms with Crippen molar-refractivity contribution in [1.29, 1.82) is 0 Å². The molecule has 4 bridgehead atoms. The van der Waals surface area contributed by atoms with E-state index in [1.165, 1.54) is 13.4 Å². The molecule has 1 spiro atoms. The minimum Gasteiger partial charge on any atom is -0.469 e. The minimum absolute atomic E-state index is 0.0198. The van der Waals surface area contributed by atoms with Crippen molar-refractivity contribution in [3.8, 4) is 17.3 Å². The number of amides is 2. The number of hydrogen-bond donors (Lipinski definition) is 4. The number of aryl methyl sites for hydroxylation is 1. The van der Waals surface area contributed by atoms with Crippen molar-refractivity contribution in [3.63, 3.8) is 0 Å². The molecule has 13 heteroatoms. The number of carbonyl (C=O) groups excluding carboxylic acids is 3. The maximum absolute atomic E-state index is 14.1. The topological polar surface area (TPSA) is 178 Å². The van der Waals surface area contributed by atoms with E-state index < -0.39 is 53.0 Å². The van der Waals surface area contributed by atoms with Crippen LogP contribution in [0.25, 0.3) is 11.6 Å². The zero-order chi connectivity index (χ0) is 34.8. The van der Waals surface area contributed by atoms with E-state index in [9.17, 15) is 19.5 Å². The lowest BCUT2D eigenvalue weighted by Gasteiger charge is -2.31. The number of rotatable bonds is 5. The van der Waals surface area contributed by atoms with Crippen molar-refractivity contribution in [2.45, 2.75) is 77.3 Å². The summed E-state index contributed by atoms with van der Waals surface area (Å²) in [6.45, 7) is 9.27. The molecule has 0 aliphatic carbocycles. The molecule has 4 N–H and O–H groups in total. The number of benzene rings is 2. The highest BCUT2D eigenvalue weighted by atomic mass is 16.5. The quantitative estimate of drug-likeness (QED) is 0.223. The first kappa shape index (κ1) is 32.4. The number of hydrogen-bond acceptors (Lipinski definition) is 11. The van der Waals surface area contributed by atoms with Crippen molar-refractivity contribution in [2.24, 2.45) is 11.3 Å². The van der Waals surface area contributed by atoms with Crippen molar-refractivity contribution in [2.75, 3.05) is 12.4 Å². The maximum Gasteiger partial charge on any atom is 0.360 e. The Morgan fingerprint density at radius 1 is 1.10 bits per heavy atom. The van der Waals surface area contributed by atoms with Crippen LogP contribution in [0, 0.1) is 11.3 Å². The SMILES string of the molecule is COC(=O)c1coc(-c2nc3oc2[C@]24c5ccccc5NC2Oc2ccc(cc24)CC[C@H](NC(=O)[C@@H](O)C(C)C)C(=O)NC3C(C)(C)C)n1. The Labute approximate surface area is 282 Å². The lowest BCUT2D eigenvalue weighted by molar-refractivity contribution is -0.136. The molecule has 2 aromatic heterocycles. The maximum atomic E-state index is 14.1. The van der Waals surface area contributed by atoms with Gasteiger partial charge >= 0.3 is 5.97 Å². The Bertz CT molecular complexity index is 1960. The fraction of sp³-hybridized carbons (Fsp3) is 0.417. The van der Waals surface area contributed by atoms with E-state index in [0.717, 1.165) is 22.4 Å². The second kappa shape index (κ2) is 11.8. The molecule has 5 atom stereocenters. The summed E-state index contributed by atoms with van der Waals surface area (Å²) in [6, 6.07) is 11.9. The monoisotopic (exact) mass is 669 g/mol. The summed E-state index contributed by atoms with van der Waals surface area (Å²) in [5.74, 6) is -0.944. The predicted molar refractivity (Wildman–Crippen MR) is 176 cm³/mol. The Morgan fingerprint density at radius 3 is 2.61 bits per heavy atom. The summed E-state index contributed by atoms with van der Waals surface area (Å²) in [4.78, 5) is 49.0. The van der Waals surface area contributed by atoms with Crippen molar-refractivity contribution in [3.05, 3.63) is 82.8 Å². The Morgan fingerprint density at radius 2 is 1.88 bits per heavy atom. The largest absolute Gasteiger partial charge is 0.469 e. The van der Waals surface area contributed by atoms with E-state index in [1.54, 1.807) is 13.8 Å². The Kier molecular flexibility index (Phi) is 7.77. The van der Waals surface area contributed by atoms with Crippen LogP contribution in [-0.4, -0.2) is 58.3 Å². The van der Waals surface area contributed by atoms with E-state index in [2.05, 4.69) is 20.9 Å². The zero-order valence-electron chi connectivity index (χ0n) is 28.1. The van der Waals surface area contributed by atoms with Crippen LogP contribution in [0.1, 0.15) is 85.9 Å². The molecule has 7 rings (SSSR count). The van der Waals surface area contributed by atoms with Crippen LogP contribution in [0.5, 0.6) is 5.75 Å². The number of oxazole rings is 2. The molecule has 3 aliphatic heterocycles. The van der Waals surface area contributed by atoms with E-state index >= 15 is 0 Å². The van der Waals surface area contributed by atoms with Crippen LogP contribution in [0.2, 0.25) is 0 Å². The molecule has 4 aromatic rings. The molecule has 0 fully saturated rings. The minimum atomic E-state index is -1.29. The smallest absolute Gasteiger partial charge is 0.360 e. The molecule has 0 saturated carbocycles. The van der Waals surface area contributed by atoms with Gasteiger partial charge in [0.2, 0.25) is 23.6 Å². The van der Waals surface area contributed by atoms with Gasteiger partial charge in [0, 0.05) is 11.3 Å². The average Bonchev–Trinajstić information content (AvgIpc) is 3.84. The Hall–Kier alpha value is -5.17. The van der Waals surface area contributed by atoms with Gasteiger partial charge in [-0.05, 0) is 47.4 Å². The number of nitrogens with zero attached hydrogens (tertiary/aromatic N) is 2. The second-order valence-corrected chi connectivity index (χ2v) is 14.2. The number of fused-ring (bicyclic) bond motifs is 4. The molecular weight excluding hydrogens is 630 g/mol. The van der Waals surface area contributed by atoms with Gasteiger partial charge in [0.1, 0.15) is 35.6 Å². The van der Waals surface area contributed by atoms with E-state index in [0.29, 0.717) is 17.9 Å². The molecule has 2 unspecified atom stereocenters. The zero-order valence-corrected chi connectivity index (χ0v) is 28.1. The van der Waals surface area contributed by atoms with Gasteiger partial charge in [-0.25, -0.2) is 14.8 Å². The third-order valence-corrected chi connectivity index (χ3v) is 9.50. The highest BCUT2D eigenvalue weighted by Gasteiger charge is 2.61. The fourth-order valence-electron chi connectivity index (χ4n) is 6.87. The standard InChI is InChI=1S/C36H39N5O8/c1-17(2)26(42)30(44)37-22-13-11-18-12-14-24-20(15-18)36(19-9-7-8-10-21(19)39-34(36)48-24)28-25(31-38-23(16-47-31)33(45)46-6)40-32(49-28)27(35(3,4)5)41-29(22)43/h7-10,12,14-17,22,26-27,34,39,42H,11,13H2,1-6H3,(H,37,44)(H,41,43)/t22-,26-,27?,34?,36+/m0/s1. The van der Waals surface area contributed by atoms with E-state index in [-0.39, 0.29) is 35.5 Å². The molecule has 0 radical (unpaired) electrons. The van der Waals surface area contributed by atoms with Crippen LogP contribution < -0.4 is 20.7 Å². The number of methoxy groups -OCH3 is 1. The second-order valence-electron chi connectivity index (χ2n) is 14.2. The molecular formula is C36H39N5O8. The van der Waals surface area contributed by atoms with E-state index in [4.69, 9.17) is 23.3 Å². The number of aliphatic hydroxyl groups is 1. The van der Waals surface area contributed by atoms with Crippen LogP contribution in [-0.2, 0) is 26.2 Å². The first-order valence-electron chi connectivity index (χ1n) is 16.3. The highest BCUT2D eigenvalue weighted by Crippen LogP contribution is 2.59. The number of nitrogens with one attached hydrogen (secondary N) is 3. The van der Waals surface area contributed by atoms with Gasteiger partial charge in [-0.15, -0.1) is 0 Å². The summed E-state index contributed by atoms with van der Waals surface area (Å²) in [7, 11) is 1.26. The van der Waals surface area contributed by atoms with Crippen LogP contribution in [0.4, 0.5) is 5.69 Å². The van der Waals surface area contributed by atoms with Gasteiger partial charge in [-0.3, -0.25) is 9.59 Å². The highest BCUT2D eigenvalue weighted by molar-refractivity contribution is 5.90. The predicted octanol–water partition coefficient (Wildman–Crippen LogP) is 4.25. The van der Waals surface area contributed by atoms with Gasteiger partial charge in [-0.1, -0.05) is 65.0 Å². The average molecular weight is 670 g/mol. The van der Waals surface area contributed by atoms with Crippen molar-refractivity contribution in [1.82, 2.24) is 20.6 Å². The molecule has 256 valence electrons. The fourth-order valence-corrected chi connectivity index (χ4v) is 6.87. The van der Waals surface area contributed by atoms with Gasteiger partial charge in [0.15, 0.2) is 23.4 Å². The third-order valence-electron chi connectivity index (χ3n) is 9.50. The number of para-hydroxylation sites is 1. The number of carbonyl (C=O) groups is 3. The lowest BCUT2D eigenvalue weighted by Crippen LogP contribution is -2.52. The van der Waals surface area contributed by atoms with Crippen LogP contribution in [0.3, 0.4) is 0 Å². The summed E-state index contributed by atoms with van der Waals surface area (Å²) in [6.07, 6.45) is -0.0468. The number of anilines is 1. The number of esters is 1. The number of ether oxygens (including phenoxy) is 2. The van der Waals surface area contributed by atoms with Gasteiger partial charge < -0.3 is 39.4 Å². The summed E-state index contributed by atoms with van der Waals surface area (Å²) in [5.41, 5.74) is 1.85. The molecule has 0 saturated heterocycles. The summed E-state index contributed by atoms with van der Waals surface area (Å²) in [5, 5.41) is 19.9. The molecule has 5 heterocycles. The number of aliphatic hydroxyl groups excluding tert-OH is 1. The van der Waals surface area contributed by atoms with Crippen LogP contribution >= 0.6 is 0 Å². The normalized spacial score (nSPS) is 23.1.